The van der Waals surface area contributed by atoms with Crippen LogP contribution in [0.15, 0.2) is 48.5 Å². The predicted octanol–water partition coefficient (Wildman–Crippen LogP) is 4.47. The number of aromatic amines is 1. The Hall–Kier alpha value is -2.60. The van der Waals surface area contributed by atoms with E-state index in [0.717, 1.165) is 23.6 Å². The van der Waals surface area contributed by atoms with Crippen molar-refractivity contribution in [1.82, 2.24) is 14.8 Å². The van der Waals surface area contributed by atoms with Crippen molar-refractivity contribution in [2.24, 2.45) is 0 Å². The van der Waals surface area contributed by atoms with Crippen LogP contribution in [-0.2, 0) is 13.0 Å². The summed E-state index contributed by atoms with van der Waals surface area (Å²) in [6.45, 7) is 4.97. The van der Waals surface area contributed by atoms with E-state index < -0.39 is 0 Å². The number of H-pyrrole nitrogens is 1. The van der Waals surface area contributed by atoms with Crippen LogP contribution in [0.1, 0.15) is 25.2 Å². The molecule has 0 amide bonds. The van der Waals surface area contributed by atoms with Crippen molar-refractivity contribution < 1.29 is 9.47 Å². The molecule has 130 valence electrons. The third-order valence-corrected chi connectivity index (χ3v) is 4.12. The van der Waals surface area contributed by atoms with Gasteiger partial charge in [-0.15, -0.1) is 0 Å². The average Bonchev–Trinajstić information content (AvgIpc) is 3.01. The summed E-state index contributed by atoms with van der Waals surface area (Å²) in [4.78, 5) is 0. The number of nitrogens with one attached hydrogen (secondary N) is 1. The molecule has 1 heterocycles. The van der Waals surface area contributed by atoms with Crippen LogP contribution in [0, 0.1) is 4.77 Å². The van der Waals surface area contributed by atoms with Crippen LogP contribution < -0.4 is 9.47 Å². The van der Waals surface area contributed by atoms with Gasteiger partial charge >= 0.3 is 0 Å². The summed E-state index contributed by atoms with van der Waals surface area (Å²) in [6.07, 6.45) is 1.01. The lowest BCUT2D eigenvalue weighted by Gasteiger charge is -2.13. The molecule has 0 spiro atoms. The lowest BCUT2D eigenvalue weighted by atomic mass is 10.2. The van der Waals surface area contributed by atoms with Gasteiger partial charge in [0.25, 0.3) is 0 Å². The van der Waals surface area contributed by atoms with Crippen LogP contribution in [0.2, 0.25) is 0 Å². The highest BCUT2D eigenvalue weighted by atomic mass is 32.1. The molecule has 3 rings (SSSR count). The summed E-state index contributed by atoms with van der Waals surface area (Å²) < 4.78 is 13.9. The SMILES string of the molecule is CCOc1ccccc1-n1c(COc2ccc(CC)cc2)n[nH]c1=S. The number of aromatic nitrogens is 3. The summed E-state index contributed by atoms with van der Waals surface area (Å²) in [5.41, 5.74) is 2.13. The maximum absolute atomic E-state index is 5.88. The minimum absolute atomic E-state index is 0.305. The van der Waals surface area contributed by atoms with Crippen LogP contribution in [0.25, 0.3) is 5.69 Å². The Balaban J connectivity index is 1.86. The molecule has 3 aromatic rings. The Labute approximate surface area is 152 Å². The van der Waals surface area contributed by atoms with Crippen LogP contribution in [-0.4, -0.2) is 21.4 Å². The zero-order valence-corrected chi connectivity index (χ0v) is 15.2. The minimum atomic E-state index is 0.305. The first-order chi connectivity index (χ1) is 12.2. The van der Waals surface area contributed by atoms with E-state index in [1.807, 2.05) is 47.9 Å². The van der Waals surface area contributed by atoms with Crippen LogP contribution in [0.5, 0.6) is 11.5 Å². The first kappa shape index (κ1) is 17.2. The fraction of sp³-hybridized carbons (Fsp3) is 0.263. The molecule has 0 saturated heterocycles. The summed E-state index contributed by atoms with van der Waals surface area (Å²) in [5, 5.41) is 7.15. The fourth-order valence-corrected chi connectivity index (χ4v) is 2.81. The molecular formula is C19H21N3O2S. The molecule has 0 bridgehead atoms. The second kappa shape index (κ2) is 7.98. The van der Waals surface area contributed by atoms with Gasteiger partial charge in [0, 0.05) is 0 Å². The molecule has 6 heteroatoms. The van der Waals surface area contributed by atoms with E-state index in [2.05, 4.69) is 29.3 Å². The van der Waals surface area contributed by atoms with Gasteiger partial charge in [-0.2, -0.15) is 5.10 Å². The highest BCUT2D eigenvalue weighted by Crippen LogP contribution is 2.24. The monoisotopic (exact) mass is 355 g/mol. The summed E-state index contributed by atoms with van der Waals surface area (Å²) in [7, 11) is 0. The van der Waals surface area contributed by atoms with Crippen molar-refractivity contribution in [3.63, 3.8) is 0 Å². The zero-order chi connectivity index (χ0) is 17.6. The molecule has 0 radical (unpaired) electrons. The Bertz CT molecular complexity index is 884. The maximum atomic E-state index is 5.88. The van der Waals surface area contributed by atoms with Gasteiger partial charge in [0.05, 0.1) is 12.3 Å². The fourth-order valence-electron chi connectivity index (χ4n) is 2.56. The number of nitrogens with zero attached hydrogens (tertiary/aromatic N) is 2. The van der Waals surface area contributed by atoms with Gasteiger partial charge in [0.1, 0.15) is 18.1 Å². The molecule has 0 unspecified atom stereocenters. The molecule has 0 aliphatic rings. The van der Waals surface area contributed by atoms with Crippen molar-refractivity contribution in [1.29, 1.82) is 0 Å². The second-order valence-electron chi connectivity index (χ2n) is 5.47. The van der Waals surface area contributed by atoms with E-state index in [-0.39, 0.29) is 0 Å². The number of rotatable bonds is 7. The highest BCUT2D eigenvalue weighted by Gasteiger charge is 2.13. The normalized spacial score (nSPS) is 10.6. The Morgan fingerprint density at radius 3 is 2.52 bits per heavy atom. The minimum Gasteiger partial charge on any atom is -0.492 e. The average molecular weight is 355 g/mol. The van der Waals surface area contributed by atoms with Gasteiger partial charge in [0.2, 0.25) is 0 Å². The van der Waals surface area contributed by atoms with Gasteiger partial charge in [-0.05, 0) is 55.4 Å². The molecule has 0 fully saturated rings. The van der Waals surface area contributed by atoms with E-state index in [0.29, 0.717) is 23.8 Å². The zero-order valence-electron chi connectivity index (χ0n) is 14.4. The van der Waals surface area contributed by atoms with Crippen molar-refractivity contribution in [3.05, 3.63) is 64.7 Å². The van der Waals surface area contributed by atoms with E-state index >= 15 is 0 Å². The summed E-state index contributed by atoms with van der Waals surface area (Å²) in [6, 6.07) is 15.8. The lowest BCUT2D eigenvalue weighted by Crippen LogP contribution is -2.07. The molecular weight excluding hydrogens is 334 g/mol. The Morgan fingerprint density at radius 1 is 1.04 bits per heavy atom. The molecule has 0 aliphatic heterocycles. The Morgan fingerprint density at radius 2 is 1.80 bits per heavy atom. The van der Waals surface area contributed by atoms with Gasteiger partial charge in [-0.25, -0.2) is 0 Å². The number of hydrogen-bond donors (Lipinski definition) is 1. The molecule has 0 atom stereocenters. The first-order valence-corrected chi connectivity index (χ1v) is 8.74. The number of hydrogen-bond acceptors (Lipinski definition) is 4. The third kappa shape index (κ3) is 3.91. The van der Waals surface area contributed by atoms with E-state index in [4.69, 9.17) is 21.7 Å². The predicted molar refractivity (Wildman–Crippen MR) is 100 cm³/mol. The molecule has 5 nitrogen and oxygen atoms in total. The number of para-hydroxylation sites is 2. The maximum Gasteiger partial charge on any atom is 0.200 e. The van der Waals surface area contributed by atoms with Crippen molar-refractivity contribution in [2.75, 3.05) is 6.61 Å². The smallest absolute Gasteiger partial charge is 0.200 e. The number of benzene rings is 2. The number of ether oxygens (including phenoxy) is 2. The summed E-state index contributed by atoms with van der Waals surface area (Å²) in [5.74, 6) is 2.25. The molecule has 0 aliphatic carbocycles. The quantitative estimate of drug-likeness (QED) is 0.635. The van der Waals surface area contributed by atoms with Crippen molar-refractivity contribution in [3.8, 4) is 17.2 Å². The van der Waals surface area contributed by atoms with E-state index in [1.165, 1.54) is 5.56 Å². The van der Waals surface area contributed by atoms with Crippen LogP contribution >= 0.6 is 12.2 Å². The standard InChI is InChI=1S/C19H21N3O2S/c1-3-14-9-11-15(12-10-14)24-13-18-20-21-19(25)22(18)16-7-5-6-8-17(16)23-4-2/h5-12H,3-4,13H2,1-2H3,(H,21,25). The lowest BCUT2D eigenvalue weighted by molar-refractivity contribution is 0.292. The Kier molecular flexibility index (Phi) is 5.50. The van der Waals surface area contributed by atoms with Crippen LogP contribution in [0.4, 0.5) is 0 Å². The van der Waals surface area contributed by atoms with Gasteiger partial charge in [-0.1, -0.05) is 31.2 Å². The topological polar surface area (TPSA) is 52.1 Å². The van der Waals surface area contributed by atoms with E-state index in [9.17, 15) is 0 Å². The third-order valence-electron chi connectivity index (χ3n) is 3.85. The first-order valence-electron chi connectivity index (χ1n) is 8.33. The molecule has 1 aromatic heterocycles. The van der Waals surface area contributed by atoms with Crippen LogP contribution in [0.3, 0.4) is 0 Å². The number of aryl methyl sites for hydroxylation is 1. The summed E-state index contributed by atoms with van der Waals surface area (Å²) >= 11 is 5.40. The van der Waals surface area contributed by atoms with Gasteiger partial charge < -0.3 is 9.47 Å². The molecule has 1 N–H and O–H groups in total. The van der Waals surface area contributed by atoms with Crippen molar-refractivity contribution >= 4 is 12.2 Å². The second-order valence-corrected chi connectivity index (χ2v) is 5.85. The van der Waals surface area contributed by atoms with E-state index in [1.54, 1.807) is 0 Å². The van der Waals surface area contributed by atoms with Gasteiger partial charge in [0.15, 0.2) is 10.6 Å². The highest BCUT2D eigenvalue weighted by molar-refractivity contribution is 7.71. The molecule has 2 aromatic carbocycles. The van der Waals surface area contributed by atoms with Crippen molar-refractivity contribution in [2.45, 2.75) is 26.9 Å². The molecule has 25 heavy (non-hydrogen) atoms. The molecule has 0 saturated carbocycles. The van der Waals surface area contributed by atoms with Gasteiger partial charge in [-0.3, -0.25) is 9.67 Å². The largest absolute Gasteiger partial charge is 0.492 e.